The summed E-state index contributed by atoms with van der Waals surface area (Å²) in [5.41, 5.74) is 4.81. The van der Waals surface area contributed by atoms with Gasteiger partial charge in [0.25, 0.3) is 5.91 Å². The van der Waals surface area contributed by atoms with Crippen molar-refractivity contribution in [1.82, 2.24) is 25.0 Å². The first-order valence-electron chi connectivity index (χ1n) is 14.7. The Morgan fingerprint density at radius 2 is 1.98 bits per heavy atom. The Bertz CT molecular complexity index is 2060. The Morgan fingerprint density at radius 1 is 1.13 bits per heavy atom. The standard InChI is InChI=1S/C34H29F2N5O4S/c1-4-28(42)40-8-9-41-26(18(40)2)16-25(39-41)32-30(29-24(36)14-21(35)15-27(29)45-11-10-44-3)33-22(7-12-46-33)31(38-32)19-5-6-20-17-37-34(43)23(20)13-19/h4-7,12-16,18H,1,8-11,17H2,2-3H3,(H,37,43). The third-order valence-electron chi connectivity index (χ3n) is 8.45. The summed E-state index contributed by atoms with van der Waals surface area (Å²) in [6, 6.07) is 11.1. The molecule has 0 spiro atoms. The quantitative estimate of drug-likeness (QED) is 0.162. The molecule has 0 saturated carbocycles. The molecule has 5 aromatic rings. The molecule has 0 fully saturated rings. The Labute approximate surface area is 267 Å². The van der Waals surface area contributed by atoms with Crippen molar-refractivity contribution in [3.8, 4) is 39.5 Å². The summed E-state index contributed by atoms with van der Waals surface area (Å²) in [6.07, 6.45) is 1.29. The number of nitrogens with zero attached hydrogens (tertiary/aromatic N) is 4. The third kappa shape index (κ3) is 4.94. The second kappa shape index (κ2) is 11.8. The highest BCUT2D eigenvalue weighted by Crippen LogP contribution is 2.47. The van der Waals surface area contributed by atoms with Crippen LogP contribution in [-0.4, -0.2) is 58.3 Å². The van der Waals surface area contributed by atoms with Crippen molar-refractivity contribution >= 4 is 33.2 Å². The van der Waals surface area contributed by atoms with Crippen molar-refractivity contribution < 1.29 is 27.8 Å². The lowest BCUT2D eigenvalue weighted by atomic mass is 9.95. The number of carbonyl (C=O) groups is 2. The number of amides is 2. The van der Waals surface area contributed by atoms with E-state index in [1.54, 1.807) is 4.90 Å². The smallest absolute Gasteiger partial charge is 0.251 e. The maximum atomic E-state index is 16.0. The van der Waals surface area contributed by atoms with Gasteiger partial charge < -0.3 is 19.7 Å². The van der Waals surface area contributed by atoms with Crippen molar-refractivity contribution in [2.75, 3.05) is 26.9 Å². The molecule has 12 heteroatoms. The minimum atomic E-state index is -0.813. The zero-order valence-electron chi connectivity index (χ0n) is 25.1. The number of pyridine rings is 1. The average Bonchev–Trinajstić information content (AvgIpc) is 3.80. The van der Waals surface area contributed by atoms with Gasteiger partial charge >= 0.3 is 0 Å². The van der Waals surface area contributed by atoms with E-state index in [-0.39, 0.29) is 42.4 Å². The molecule has 46 heavy (non-hydrogen) atoms. The summed E-state index contributed by atoms with van der Waals surface area (Å²) in [5.74, 6) is -1.93. The van der Waals surface area contributed by atoms with Gasteiger partial charge in [0, 0.05) is 59.1 Å². The molecule has 0 radical (unpaired) electrons. The molecule has 2 aliphatic heterocycles. The molecule has 2 aliphatic rings. The summed E-state index contributed by atoms with van der Waals surface area (Å²) in [5, 5.41) is 10.4. The van der Waals surface area contributed by atoms with Gasteiger partial charge in [0.15, 0.2) is 0 Å². The van der Waals surface area contributed by atoms with Gasteiger partial charge in [-0.25, -0.2) is 13.8 Å². The first-order valence-corrected chi connectivity index (χ1v) is 15.6. The number of fused-ring (bicyclic) bond motifs is 3. The van der Waals surface area contributed by atoms with Gasteiger partial charge in [-0.05, 0) is 42.1 Å². The number of thiophene rings is 1. The van der Waals surface area contributed by atoms with E-state index in [1.165, 1.54) is 24.5 Å². The molecule has 5 heterocycles. The minimum Gasteiger partial charge on any atom is -0.490 e. The molecule has 234 valence electrons. The predicted octanol–water partition coefficient (Wildman–Crippen LogP) is 6.13. The average molecular weight is 642 g/mol. The molecule has 2 amide bonds. The van der Waals surface area contributed by atoms with Gasteiger partial charge in [-0.2, -0.15) is 5.10 Å². The number of hydrogen-bond donors (Lipinski definition) is 1. The molecule has 0 aliphatic carbocycles. The molecule has 3 aromatic heterocycles. The number of hydrogen-bond acceptors (Lipinski definition) is 7. The van der Waals surface area contributed by atoms with Gasteiger partial charge in [0.2, 0.25) is 5.91 Å². The fourth-order valence-corrected chi connectivity index (χ4v) is 7.15. The maximum Gasteiger partial charge on any atom is 0.251 e. The van der Waals surface area contributed by atoms with Crippen molar-refractivity contribution in [3.63, 3.8) is 0 Å². The Kier molecular flexibility index (Phi) is 7.61. The van der Waals surface area contributed by atoms with Crippen molar-refractivity contribution in [1.29, 1.82) is 0 Å². The fourth-order valence-electron chi connectivity index (χ4n) is 6.20. The topological polar surface area (TPSA) is 98.6 Å². The van der Waals surface area contributed by atoms with Crippen LogP contribution in [0.25, 0.3) is 43.9 Å². The lowest BCUT2D eigenvalue weighted by Gasteiger charge is -2.33. The Balaban J connectivity index is 1.49. The van der Waals surface area contributed by atoms with Crippen LogP contribution < -0.4 is 10.1 Å². The van der Waals surface area contributed by atoms with Crippen molar-refractivity contribution in [3.05, 3.63) is 89.0 Å². The van der Waals surface area contributed by atoms with Crippen molar-refractivity contribution in [2.24, 2.45) is 0 Å². The van der Waals surface area contributed by atoms with E-state index in [0.717, 1.165) is 28.8 Å². The molecule has 1 N–H and O–H groups in total. The molecular weight excluding hydrogens is 612 g/mol. The number of halogens is 2. The predicted molar refractivity (Wildman–Crippen MR) is 170 cm³/mol. The number of benzene rings is 2. The Hall–Kier alpha value is -4.94. The van der Waals surface area contributed by atoms with Crippen LogP contribution in [0.4, 0.5) is 8.78 Å². The van der Waals surface area contributed by atoms with E-state index in [4.69, 9.17) is 19.6 Å². The van der Waals surface area contributed by atoms with Gasteiger partial charge in [-0.1, -0.05) is 18.7 Å². The number of ether oxygens (including phenoxy) is 2. The van der Waals surface area contributed by atoms with Crippen LogP contribution in [0.1, 0.15) is 34.6 Å². The summed E-state index contributed by atoms with van der Waals surface area (Å²) >= 11 is 1.39. The number of carbonyl (C=O) groups excluding carboxylic acids is 2. The minimum absolute atomic E-state index is 0.00865. The van der Waals surface area contributed by atoms with Crippen molar-refractivity contribution in [2.45, 2.75) is 26.1 Å². The monoisotopic (exact) mass is 641 g/mol. The summed E-state index contributed by atoms with van der Waals surface area (Å²) in [6.45, 7) is 7.18. The van der Waals surface area contributed by atoms with Gasteiger partial charge in [0.1, 0.15) is 35.4 Å². The van der Waals surface area contributed by atoms with Crippen LogP contribution in [0.5, 0.6) is 5.75 Å². The van der Waals surface area contributed by atoms with Crippen LogP contribution >= 0.6 is 11.3 Å². The molecule has 0 bridgehead atoms. The normalized spacial score (nSPS) is 15.5. The highest BCUT2D eigenvalue weighted by atomic mass is 32.1. The van der Waals surface area contributed by atoms with E-state index < -0.39 is 11.6 Å². The second-order valence-electron chi connectivity index (χ2n) is 11.1. The Morgan fingerprint density at radius 3 is 2.78 bits per heavy atom. The largest absolute Gasteiger partial charge is 0.490 e. The van der Waals surface area contributed by atoms with Gasteiger partial charge in [-0.15, -0.1) is 11.3 Å². The number of rotatable bonds is 8. The van der Waals surface area contributed by atoms with Crippen LogP contribution in [0, 0.1) is 11.6 Å². The SMILES string of the molecule is C=CC(=O)N1CCn2nc(-c3nc(-c4ccc5c(c4)C(=O)NC5)c4ccsc4c3-c3c(F)cc(F)cc3OCCOC)cc2C1C. The first-order chi connectivity index (χ1) is 22.3. The highest BCUT2D eigenvalue weighted by molar-refractivity contribution is 7.18. The van der Waals surface area contributed by atoms with E-state index >= 15 is 4.39 Å². The van der Waals surface area contributed by atoms with E-state index in [2.05, 4.69) is 11.9 Å². The molecule has 7 rings (SSSR count). The molecule has 1 unspecified atom stereocenters. The third-order valence-corrected chi connectivity index (χ3v) is 9.38. The molecule has 0 saturated heterocycles. The molecule has 9 nitrogen and oxygen atoms in total. The van der Waals surface area contributed by atoms with Crippen LogP contribution in [-0.2, 0) is 22.6 Å². The summed E-state index contributed by atoms with van der Waals surface area (Å²) in [4.78, 5) is 32.0. The second-order valence-corrected chi connectivity index (χ2v) is 12.0. The zero-order chi connectivity index (χ0) is 32.1. The van der Waals surface area contributed by atoms with Gasteiger partial charge in [-0.3, -0.25) is 14.3 Å². The lowest BCUT2D eigenvalue weighted by molar-refractivity contribution is -0.129. The number of methoxy groups -OCH3 is 1. The van der Waals surface area contributed by atoms with E-state index in [9.17, 15) is 14.0 Å². The van der Waals surface area contributed by atoms with Crippen LogP contribution in [0.15, 0.2) is 60.5 Å². The molecular formula is C34H29F2N5O4S. The number of nitrogens with one attached hydrogen (secondary N) is 1. The van der Waals surface area contributed by atoms with Crippen LogP contribution in [0.2, 0.25) is 0 Å². The fraction of sp³-hybridized carbons (Fsp3) is 0.235. The lowest BCUT2D eigenvalue weighted by Crippen LogP contribution is -2.40. The van der Waals surface area contributed by atoms with Gasteiger partial charge in [0.05, 0.1) is 36.1 Å². The first kappa shape index (κ1) is 29.8. The van der Waals surface area contributed by atoms with E-state index in [1.807, 2.05) is 47.3 Å². The number of aromatic nitrogens is 3. The van der Waals surface area contributed by atoms with E-state index in [0.29, 0.717) is 58.1 Å². The highest BCUT2D eigenvalue weighted by Gasteiger charge is 2.31. The molecule has 2 aromatic carbocycles. The summed E-state index contributed by atoms with van der Waals surface area (Å²) in [7, 11) is 1.51. The maximum absolute atomic E-state index is 16.0. The summed E-state index contributed by atoms with van der Waals surface area (Å²) < 4.78 is 44.2. The van der Waals surface area contributed by atoms with Crippen LogP contribution in [0.3, 0.4) is 0 Å². The zero-order valence-corrected chi connectivity index (χ0v) is 25.9. The molecule has 1 atom stereocenters.